The summed E-state index contributed by atoms with van der Waals surface area (Å²) in [5.74, 6) is 1.52. The van der Waals surface area contributed by atoms with Crippen molar-refractivity contribution in [2.45, 2.75) is 6.92 Å². The highest BCUT2D eigenvalue weighted by Gasteiger charge is 2.19. The number of carbonyl (C=O) groups is 1. The maximum atomic E-state index is 12.3. The number of fused-ring (bicyclic) bond motifs is 1. The fraction of sp³-hybridized carbons (Fsp3) is 0.143. The number of carbonyl (C=O) groups excluding carboxylic acids is 1. The van der Waals surface area contributed by atoms with Crippen LogP contribution in [0.15, 0.2) is 34.9 Å². The lowest BCUT2D eigenvalue weighted by Gasteiger charge is -2.02. The normalized spacial score (nSPS) is 10.7. The summed E-state index contributed by atoms with van der Waals surface area (Å²) in [7, 11) is 1.58. The molecule has 0 radical (unpaired) electrons. The molecule has 0 saturated heterocycles. The van der Waals surface area contributed by atoms with E-state index in [1.807, 2.05) is 0 Å². The van der Waals surface area contributed by atoms with Crippen LogP contribution in [-0.2, 0) is 0 Å². The Bertz CT molecular complexity index is 759. The largest absolute Gasteiger partial charge is 0.497 e. The van der Waals surface area contributed by atoms with E-state index in [1.54, 1.807) is 44.5 Å². The van der Waals surface area contributed by atoms with Crippen molar-refractivity contribution < 1.29 is 13.9 Å². The predicted molar refractivity (Wildman–Crippen MR) is 74.0 cm³/mol. The first-order chi connectivity index (χ1) is 9.69. The average molecular weight is 271 g/mol. The van der Waals surface area contributed by atoms with E-state index in [9.17, 15) is 4.79 Å². The van der Waals surface area contributed by atoms with Gasteiger partial charge in [-0.15, -0.1) is 0 Å². The van der Waals surface area contributed by atoms with Gasteiger partial charge in [-0.2, -0.15) is 5.10 Å². The quantitative estimate of drug-likeness (QED) is 0.767. The van der Waals surface area contributed by atoms with E-state index in [-0.39, 0.29) is 5.91 Å². The van der Waals surface area contributed by atoms with Gasteiger partial charge in [0.25, 0.3) is 5.91 Å². The van der Waals surface area contributed by atoms with Gasteiger partial charge in [0, 0.05) is 11.5 Å². The molecule has 0 aliphatic heterocycles. The monoisotopic (exact) mass is 271 g/mol. The molecule has 0 aliphatic carbocycles. The van der Waals surface area contributed by atoms with E-state index in [0.717, 1.165) is 5.39 Å². The molecular formula is C14H13N3O3. The molecule has 0 aliphatic rings. The van der Waals surface area contributed by atoms with Gasteiger partial charge < -0.3 is 14.5 Å². The average Bonchev–Trinajstić information content (AvgIpc) is 3.04. The molecule has 6 nitrogen and oxygen atoms in total. The SMILES string of the molecule is COc1ccc2oc(C)c(C(=O)Nc3ccn[nH]3)c2c1. The Hall–Kier alpha value is -2.76. The third-order valence-electron chi connectivity index (χ3n) is 3.05. The Morgan fingerprint density at radius 3 is 2.95 bits per heavy atom. The molecule has 0 bridgehead atoms. The van der Waals surface area contributed by atoms with E-state index in [4.69, 9.17) is 9.15 Å². The fourth-order valence-corrected chi connectivity index (χ4v) is 2.12. The van der Waals surface area contributed by atoms with Crippen LogP contribution in [0.3, 0.4) is 0 Å². The highest BCUT2D eigenvalue weighted by atomic mass is 16.5. The first kappa shape index (κ1) is 12.3. The number of aromatic amines is 1. The van der Waals surface area contributed by atoms with Crippen molar-refractivity contribution in [1.82, 2.24) is 10.2 Å². The first-order valence-corrected chi connectivity index (χ1v) is 6.07. The zero-order valence-electron chi connectivity index (χ0n) is 11.1. The number of aryl methyl sites for hydroxylation is 1. The lowest BCUT2D eigenvalue weighted by atomic mass is 10.1. The molecule has 20 heavy (non-hydrogen) atoms. The molecule has 3 rings (SSSR count). The molecule has 0 atom stereocenters. The number of hydrogen-bond acceptors (Lipinski definition) is 4. The number of benzene rings is 1. The van der Waals surface area contributed by atoms with Crippen molar-refractivity contribution in [3.63, 3.8) is 0 Å². The van der Waals surface area contributed by atoms with Gasteiger partial charge in [0.1, 0.15) is 22.9 Å². The third-order valence-corrected chi connectivity index (χ3v) is 3.05. The van der Waals surface area contributed by atoms with Crippen LogP contribution in [0.4, 0.5) is 5.82 Å². The Kier molecular flexibility index (Phi) is 2.90. The fourth-order valence-electron chi connectivity index (χ4n) is 2.12. The number of amides is 1. The van der Waals surface area contributed by atoms with Crippen molar-refractivity contribution in [3.05, 3.63) is 41.8 Å². The van der Waals surface area contributed by atoms with Crippen LogP contribution >= 0.6 is 0 Å². The van der Waals surface area contributed by atoms with Gasteiger partial charge in [-0.1, -0.05) is 0 Å². The standard InChI is InChI=1S/C14H13N3O3/c1-8-13(14(18)16-12-5-6-15-17-12)10-7-9(19-2)3-4-11(10)20-8/h3-7H,1-2H3,(H2,15,16,17,18). The number of furan rings is 1. The first-order valence-electron chi connectivity index (χ1n) is 6.07. The van der Waals surface area contributed by atoms with Gasteiger partial charge in [-0.3, -0.25) is 9.89 Å². The number of methoxy groups -OCH3 is 1. The maximum Gasteiger partial charge on any atom is 0.260 e. The van der Waals surface area contributed by atoms with Crippen molar-refractivity contribution in [3.8, 4) is 5.75 Å². The molecule has 3 aromatic rings. The van der Waals surface area contributed by atoms with Crippen LogP contribution in [0.5, 0.6) is 5.75 Å². The molecular weight excluding hydrogens is 258 g/mol. The molecule has 102 valence electrons. The van der Waals surface area contributed by atoms with Crippen molar-refractivity contribution in [2.75, 3.05) is 12.4 Å². The molecule has 0 saturated carbocycles. The van der Waals surface area contributed by atoms with Crippen LogP contribution < -0.4 is 10.1 Å². The van der Waals surface area contributed by atoms with Crippen molar-refractivity contribution >= 4 is 22.7 Å². The molecule has 2 heterocycles. The van der Waals surface area contributed by atoms with Gasteiger partial charge >= 0.3 is 0 Å². The summed E-state index contributed by atoms with van der Waals surface area (Å²) >= 11 is 0. The van der Waals surface area contributed by atoms with Crippen LogP contribution in [0.2, 0.25) is 0 Å². The Morgan fingerprint density at radius 1 is 1.40 bits per heavy atom. The minimum absolute atomic E-state index is 0.251. The topological polar surface area (TPSA) is 80.2 Å². The summed E-state index contributed by atoms with van der Waals surface area (Å²) < 4.78 is 10.8. The van der Waals surface area contributed by atoms with Gasteiger partial charge in [-0.05, 0) is 25.1 Å². The summed E-state index contributed by atoms with van der Waals surface area (Å²) in [5.41, 5.74) is 1.14. The highest BCUT2D eigenvalue weighted by molar-refractivity contribution is 6.13. The molecule has 2 aromatic heterocycles. The number of nitrogens with zero attached hydrogens (tertiary/aromatic N) is 1. The van der Waals surface area contributed by atoms with Gasteiger partial charge in [0.05, 0.1) is 18.9 Å². The van der Waals surface area contributed by atoms with E-state index in [0.29, 0.717) is 28.5 Å². The Morgan fingerprint density at radius 2 is 2.25 bits per heavy atom. The number of H-pyrrole nitrogens is 1. The molecule has 2 N–H and O–H groups in total. The van der Waals surface area contributed by atoms with Gasteiger partial charge in [0.2, 0.25) is 0 Å². The zero-order chi connectivity index (χ0) is 14.1. The van der Waals surface area contributed by atoms with Crippen molar-refractivity contribution in [1.29, 1.82) is 0 Å². The second-order valence-electron chi connectivity index (χ2n) is 4.32. The smallest absolute Gasteiger partial charge is 0.260 e. The Labute approximate surface area is 114 Å². The molecule has 0 fully saturated rings. The second kappa shape index (κ2) is 4.73. The molecule has 6 heteroatoms. The van der Waals surface area contributed by atoms with E-state index in [1.165, 1.54) is 0 Å². The van der Waals surface area contributed by atoms with Gasteiger partial charge in [-0.25, -0.2) is 0 Å². The Balaban J connectivity index is 2.05. The lowest BCUT2D eigenvalue weighted by Crippen LogP contribution is -2.12. The maximum absolute atomic E-state index is 12.3. The van der Waals surface area contributed by atoms with Crippen LogP contribution in [0, 0.1) is 6.92 Å². The number of ether oxygens (including phenoxy) is 1. The van der Waals surface area contributed by atoms with Crippen molar-refractivity contribution in [2.24, 2.45) is 0 Å². The number of aromatic nitrogens is 2. The minimum Gasteiger partial charge on any atom is -0.497 e. The second-order valence-corrected chi connectivity index (χ2v) is 4.32. The predicted octanol–water partition coefficient (Wildman–Crippen LogP) is 2.73. The summed E-state index contributed by atoms with van der Waals surface area (Å²) in [5, 5.41) is 9.93. The summed E-state index contributed by atoms with van der Waals surface area (Å²) in [6.45, 7) is 1.76. The van der Waals surface area contributed by atoms with Crippen LogP contribution in [0.1, 0.15) is 16.1 Å². The van der Waals surface area contributed by atoms with Crippen LogP contribution in [-0.4, -0.2) is 23.2 Å². The number of anilines is 1. The van der Waals surface area contributed by atoms with Crippen LogP contribution in [0.25, 0.3) is 11.0 Å². The van der Waals surface area contributed by atoms with Gasteiger partial charge in [0.15, 0.2) is 0 Å². The zero-order valence-corrected chi connectivity index (χ0v) is 11.1. The summed E-state index contributed by atoms with van der Waals surface area (Å²) in [6.07, 6.45) is 1.57. The van der Waals surface area contributed by atoms with E-state index in [2.05, 4.69) is 15.5 Å². The van der Waals surface area contributed by atoms with E-state index < -0.39 is 0 Å². The molecule has 1 aromatic carbocycles. The summed E-state index contributed by atoms with van der Waals surface area (Å²) in [4.78, 5) is 12.3. The molecule has 0 unspecified atom stereocenters. The lowest BCUT2D eigenvalue weighted by molar-refractivity contribution is 0.102. The third kappa shape index (κ3) is 2.01. The van der Waals surface area contributed by atoms with E-state index >= 15 is 0 Å². The molecule has 1 amide bonds. The number of hydrogen-bond donors (Lipinski definition) is 2. The number of nitrogens with one attached hydrogen (secondary N) is 2. The number of rotatable bonds is 3. The highest BCUT2D eigenvalue weighted by Crippen LogP contribution is 2.29. The minimum atomic E-state index is -0.251. The molecule has 0 spiro atoms. The summed E-state index contributed by atoms with van der Waals surface area (Å²) in [6, 6.07) is 7.04.